The number of hydrogen-bond donors (Lipinski definition) is 2. The van der Waals surface area contributed by atoms with Crippen LogP contribution in [-0.4, -0.2) is 22.1 Å². The van der Waals surface area contributed by atoms with E-state index in [1.165, 1.54) is 31.5 Å². The Morgan fingerprint density at radius 3 is 2.76 bits per heavy atom. The quantitative estimate of drug-likeness (QED) is 0.884. The molecular weight excluding hydrogens is 288 g/mol. The summed E-state index contributed by atoms with van der Waals surface area (Å²) < 4.78 is 0. The molecule has 2 aliphatic carbocycles. The fraction of sp³-hybridized carbons (Fsp3) is 0.625. The van der Waals surface area contributed by atoms with Crippen molar-refractivity contribution in [3.8, 4) is 0 Å². The lowest BCUT2D eigenvalue weighted by molar-refractivity contribution is 0.0697. The summed E-state index contributed by atoms with van der Waals surface area (Å²) in [6.07, 6.45) is 5.15. The predicted octanol–water partition coefficient (Wildman–Crippen LogP) is 4.06. The standard InChI is InChI=1S/C16H21ClN2O2/c1-15(2)9-4-5-16(3,7-9)14(15)19-12-6-10(13(20)21)11(17)8-18-12/h6,8-9,14H,4-5,7H2,1-3H3,(H,18,19)(H,20,21). The van der Waals surface area contributed by atoms with Gasteiger partial charge in [0.1, 0.15) is 5.82 Å². The van der Waals surface area contributed by atoms with E-state index in [1.54, 1.807) is 0 Å². The fourth-order valence-corrected chi connectivity index (χ4v) is 4.68. The first kappa shape index (κ1) is 14.6. The van der Waals surface area contributed by atoms with Crippen molar-refractivity contribution >= 4 is 23.4 Å². The summed E-state index contributed by atoms with van der Waals surface area (Å²) in [5.41, 5.74) is 0.552. The second kappa shape index (κ2) is 4.60. The summed E-state index contributed by atoms with van der Waals surface area (Å²) in [6.45, 7) is 6.93. The van der Waals surface area contributed by atoms with Gasteiger partial charge in [-0.2, -0.15) is 0 Å². The third kappa shape index (κ3) is 2.20. The summed E-state index contributed by atoms with van der Waals surface area (Å²) in [5.74, 6) is 0.304. The number of carboxylic acids is 1. The van der Waals surface area contributed by atoms with Crippen molar-refractivity contribution in [1.82, 2.24) is 4.98 Å². The number of fused-ring (bicyclic) bond motifs is 2. The first-order valence-corrected chi connectivity index (χ1v) is 7.77. The van der Waals surface area contributed by atoms with Crippen molar-refractivity contribution in [3.05, 3.63) is 22.8 Å². The van der Waals surface area contributed by atoms with Gasteiger partial charge < -0.3 is 10.4 Å². The van der Waals surface area contributed by atoms with Crippen LogP contribution in [0.5, 0.6) is 0 Å². The van der Waals surface area contributed by atoms with Crippen LogP contribution in [0.15, 0.2) is 12.3 Å². The third-order valence-electron chi connectivity index (χ3n) is 5.65. The molecule has 0 aromatic carbocycles. The van der Waals surface area contributed by atoms with Gasteiger partial charge >= 0.3 is 5.97 Å². The summed E-state index contributed by atoms with van der Waals surface area (Å²) >= 11 is 5.88. The van der Waals surface area contributed by atoms with Crippen molar-refractivity contribution in [2.75, 3.05) is 5.32 Å². The van der Waals surface area contributed by atoms with E-state index in [-0.39, 0.29) is 21.4 Å². The highest BCUT2D eigenvalue weighted by Gasteiger charge is 2.59. The van der Waals surface area contributed by atoms with E-state index < -0.39 is 5.97 Å². The maximum Gasteiger partial charge on any atom is 0.337 e. The fourth-order valence-electron chi connectivity index (χ4n) is 4.49. The highest BCUT2D eigenvalue weighted by Crippen LogP contribution is 2.63. The highest BCUT2D eigenvalue weighted by atomic mass is 35.5. The smallest absolute Gasteiger partial charge is 0.337 e. The molecule has 0 amide bonds. The average molecular weight is 309 g/mol. The number of anilines is 1. The van der Waals surface area contributed by atoms with Gasteiger partial charge in [0.15, 0.2) is 0 Å². The van der Waals surface area contributed by atoms with Crippen molar-refractivity contribution < 1.29 is 9.90 Å². The van der Waals surface area contributed by atoms with Crippen LogP contribution in [-0.2, 0) is 0 Å². The molecule has 0 spiro atoms. The molecule has 1 heterocycles. The molecule has 0 saturated heterocycles. The normalized spacial score (nSPS) is 33.1. The Morgan fingerprint density at radius 2 is 2.19 bits per heavy atom. The van der Waals surface area contributed by atoms with Crippen LogP contribution in [0.25, 0.3) is 0 Å². The Kier molecular flexibility index (Phi) is 3.21. The van der Waals surface area contributed by atoms with Crippen LogP contribution in [0.2, 0.25) is 5.02 Å². The number of carboxylic acid groups (broad SMARTS) is 1. The molecule has 2 saturated carbocycles. The number of nitrogens with zero attached hydrogens (tertiary/aromatic N) is 1. The van der Waals surface area contributed by atoms with Crippen LogP contribution >= 0.6 is 11.6 Å². The van der Waals surface area contributed by atoms with Gasteiger partial charge in [0.2, 0.25) is 0 Å². The summed E-state index contributed by atoms with van der Waals surface area (Å²) in [7, 11) is 0. The van der Waals surface area contributed by atoms with Gasteiger partial charge in [-0.15, -0.1) is 0 Å². The first-order valence-electron chi connectivity index (χ1n) is 7.39. The zero-order chi connectivity index (χ0) is 15.4. The van der Waals surface area contributed by atoms with E-state index in [4.69, 9.17) is 16.7 Å². The molecule has 3 atom stereocenters. The summed E-state index contributed by atoms with van der Waals surface area (Å²) in [5, 5.41) is 12.8. The minimum absolute atomic E-state index is 0.0975. The van der Waals surface area contributed by atoms with Crippen molar-refractivity contribution in [1.29, 1.82) is 0 Å². The third-order valence-corrected chi connectivity index (χ3v) is 5.95. The van der Waals surface area contributed by atoms with Crippen LogP contribution in [0.1, 0.15) is 50.4 Å². The van der Waals surface area contributed by atoms with Crippen molar-refractivity contribution in [2.45, 2.75) is 46.1 Å². The number of rotatable bonds is 3. The van der Waals surface area contributed by atoms with Gasteiger partial charge in [-0.1, -0.05) is 32.4 Å². The topological polar surface area (TPSA) is 62.2 Å². The van der Waals surface area contributed by atoms with E-state index in [0.717, 1.165) is 5.92 Å². The molecule has 2 bridgehead atoms. The second-order valence-electron chi connectivity index (χ2n) is 7.35. The molecule has 1 aromatic heterocycles. The molecule has 2 aliphatic rings. The average Bonchev–Trinajstić information content (AvgIpc) is 2.87. The zero-order valence-electron chi connectivity index (χ0n) is 12.6. The lowest BCUT2D eigenvalue weighted by Crippen LogP contribution is -2.46. The van der Waals surface area contributed by atoms with Crippen molar-refractivity contribution in [3.63, 3.8) is 0 Å². The molecule has 5 heteroatoms. The summed E-state index contributed by atoms with van der Waals surface area (Å²) in [6, 6.07) is 1.84. The van der Waals surface area contributed by atoms with Gasteiger partial charge in [-0.3, -0.25) is 0 Å². The maximum absolute atomic E-state index is 11.2. The van der Waals surface area contributed by atoms with E-state index in [9.17, 15) is 4.79 Å². The van der Waals surface area contributed by atoms with Gasteiger partial charge in [-0.25, -0.2) is 9.78 Å². The molecule has 114 valence electrons. The predicted molar refractivity (Wildman–Crippen MR) is 82.8 cm³/mol. The van der Waals surface area contributed by atoms with E-state index in [1.807, 2.05) is 0 Å². The van der Waals surface area contributed by atoms with Crippen LogP contribution in [0.3, 0.4) is 0 Å². The number of aromatic nitrogens is 1. The second-order valence-corrected chi connectivity index (χ2v) is 7.75. The Morgan fingerprint density at radius 1 is 1.48 bits per heavy atom. The highest BCUT2D eigenvalue weighted by molar-refractivity contribution is 6.33. The van der Waals surface area contributed by atoms with Crippen LogP contribution < -0.4 is 5.32 Å². The Balaban J connectivity index is 1.90. The molecule has 21 heavy (non-hydrogen) atoms. The molecule has 4 nitrogen and oxygen atoms in total. The van der Waals surface area contributed by atoms with Crippen molar-refractivity contribution in [2.24, 2.45) is 16.7 Å². The largest absolute Gasteiger partial charge is 0.478 e. The van der Waals surface area contributed by atoms with Gasteiger partial charge in [0, 0.05) is 12.2 Å². The Labute approximate surface area is 129 Å². The monoisotopic (exact) mass is 308 g/mol. The minimum Gasteiger partial charge on any atom is -0.478 e. The van der Waals surface area contributed by atoms with Gasteiger partial charge in [0.05, 0.1) is 10.6 Å². The SMILES string of the molecule is CC12CCC(C1)C(C)(C)C2Nc1cc(C(=O)O)c(Cl)cn1. The number of carbonyl (C=O) groups is 1. The number of aromatic carboxylic acids is 1. The van der Waals surface area contributed by atoms with Crippen LogP contribution in [0.4, 0.5) is 5.82 Å². The lowest BCUT2D eigenvalue weighted by atomic mass is 9.68. The molecular formula is C16H21ClN2O2. The maximum atomic E-state index is 11.2. The van der Waals surface area contributed by atoms with Crippen LogP contribution in [0, 0.1) is 16.7 Å². The lowest BCUT2D eigenvalue weighted by Gasteiger charge is -2.43. The number of nitrogens with one attached hydrogen (secondary N) is 1. The molecule has 0 radical (unpaired) electrons. The summed E-state index contributed by atoms with van der Waals surface area (Å²) in [4.78, 5) is 15.4. The molecule has 3 rings (SSSR count). The number of hydrogen-bond acceptors (Lipinski definition) is 3. The van der Waals surface area contributed by atoms with Gasteiger partial charge in [-0.05, 0) is 42.1 Å². The first-order chi connectivity index (χ1) is 9.74. The molecule has 2 fully saturated rings. The molecule has 2 N–H and O–H groups in total. The van der Waals surface area contributed by atoms with E-state index in [0.29, 0.717) is 11.9 Å². The molecule has 0 aliphatic heterocycles. The minimum atomic E-state index is -1.02. The molecule has 3 unspecified atom stereocenters. The van der Waals surface area contributed by atoms with E-state index in [2.05, 4.69) is 31.1 Å². The Bertz CT molecular complexity index is 597. The number of halogens is 1. The Hall–Kier alpha value is -1.29. The van der Waals surface area contributed by atoms with Gasteiger partial charge in [0.25, 0.3) is 0 Å². The van der Waals surface area contributed by atoms with E-state index >= 15 is 0 Å². The zero-order valence-corrected chi connectivity index (χ0v) is 13.4. The molecule has 1 aromatic rings. The number of pyridine rings is 1.